The van der Waals surface area contributed by atoms with E-state index in [2.05, 4.69) is 31.3 Å². The van der Waals surface area contributed by atoms with Crippen LogP contribution in [-0.4, -0.2) is 15.4 Å². The van der Waals surface area contributed by atoms with Crippen LogP contribution in [0.15, 0.2) is 24.3 Å². The van der Waals surface area contributed by atoms with Crippen LogP contribution in [0.4, 0.5) is 0 Å². The van der Waals surface area contributed by atoms with Gasteiger partial charge in [0.05, 0.1) is 7.11 Å². The van der Waals surface area contributed by atoms with Crippen molar-refractivity contribution in [2.45, 2.75) is 19.1 Å². The SMILES string of the molecule is COc1cccc2c1O[Si](C)(C)CC=C2. The molecule has 1 aliphatic heterocycles. The minimum Gasteiger partial charge on any atom is -0.541 e. The van der Waals surface area contributed by atoms with Crippen molar-refractivity contribution in [1.29, 1.82) is 0 Å². The second-order valence-corrected chi connectivity index (χ2v) is 8.48. The average Bonchev–Trinajstić information content (AvgIpc) is 2.34. The zero-order valence-corrected chi connectivity index (χ0v) is 10.4. The lowest BCUT2D eigenvalue weighted by molar-refractivity contribution is 0.391. The van der Waals surface area contributed by atoms with E-state index in [9.17, 15) is 0 Å². The third-order valence-electron chi connectivity index (χ3n) is 2.51. The fraction of sp³-hybridized carbons (Fsp3) is 0.333. The van der Waals surface area contributed by atoms with Crippen LogP contribution in [-0.2, 0) is 0 Å². The summed E-state index contributed by atoms with van der Waals surface area (Å²) >= 11 is 0. The molecule has 0 unspecified atom stereocenters. The molecule has 1 heterocycles. The van der Waals surface area contributed by atoms with Crippen LogP contribution < -0.4 is 9.16 Å². The summed E-state index contributed by atoms with van der Waals surface area (Å²) in [5, 5.41) is 0. The van der Waals surface area contributed by atoms with Gasteiger partial charge in [-0.05, 0) is 25.2 Å². The Hall–Kier alpha value is -1.22. The van der Waals surface area contributed by atoms with Crippen LogP contribution in [0.5, 0.6) is 11.5 Å². The summed E-state index contributed by atoms with van der Waals surface area (Å²) < 4.78 is 11.4. The lowest BCUT2D eigenvalue weighted by atomic mass is 10.2. The highest BCUT2D eigenvalue weighted by atomic mass is 28.4. The molecule has 3 heteroatoms. The van der Waals surface area contributed by atoms with Crippen molar-refractivity contribution in [2.75, 3.05) is 7.11 Å². The Morgan fingerprint density at radius 1 is 1.33 bits per heavy atom. The van der Waals surface area contributed by atoms with Gasteiger partial charge in [0.2, 0.25) is 8.32 Å². The molecular formula is C12H16O2Si. The maximum Gasteiger partial charge on any atom is 0.249 e. The van der Waals surface area contributed by atoms with E-state index in [-0.39, 0.29) is 0 Å². The Morgan fingerprint density at radius 3 is 2.87 bits per heavy atom. The molecule has 0 saturated heterocycles. The monoisotopic (exact) mass is 220 g/mol. The topological polar surface area (TPSA) is 18.5 Å². The van der Waals surface area contributed by atoms with Crippen LogP contribution in [0.25, 0.3) is 6.08 Å². The van der Waals surface area contributed by atoms with Gasteiger partial charge in [0, 0.05) is 5.56 Å². The first kappa shape index (κ1) is 10.3. The van der Waals surface area contributed by atoms with E-state index in [1.54, 1.807) is 7.11 Å². The van der Waals surface area contributed by atoms with Gasteiger partial charge in [-0.2, -0.15) is 0 Å². The van der Waals surface area contributed by atoms with Crippen LogP contribution in [0.1, 0.15) is 5.56 Å². The first-order chi connectivity index (χ1) is 7.12. The Morgan fingerprint density at radius 2 is 2.13 bits per heavy atom. The van der Waals surface area contributed by atoms with Gasteiger partial charge in [-0.15, -0.1) is 0 Å². The Kier molecular flexibility index (Phi) is 2.57. The number of hydrogen-bond donors (Lipinski definition) is 0. The molecule has 2 rings (SSSR count). The predicted octanol–water partition coefficient (Wildman–Crippen LogP) is 3.31. The van der Waals surface area contributed by atoms with Gasteiger partial charge >= 0.3 is 0 Å². The third-order valence-corrected chi connectivity index (χ3v) is 4.49. The molecule has 0 amide bonds. The predicted molar refractivity (Wildman–Crippen MR) is 64.9 cm³/mol. The lowest BCUT2D eigenvalue weighted by Crippen LogP contribution is -2.32. The highest BCUT2D eigenvalue weighted by Gasteiger charge is 2.27. The van der Waals surface area contributed by atoms with Crippen molar-refractivity contribution in [3.05, 3.63) is 29.8 Å². The normalized spacial score (nSPS) is 17.5. The number of rotatable bonds is 1. The van der Waals surface area contributed by atoms with Gasteiger partial charge in [0.15, 0.2) is 11.5 Å². The van der Waals surface area contributed by atoms with E-state index in [0.717, 1.165) is 23.1 Å². The number of benzene rings is 1. The Bertz CT molecular complexity index is 397. The Balaban J connectivity index is 2.50. The van der Waals surface area contributed by atoms with Gasteiger partial charge in [-0.3, -0.25) is 0 Å². The smallest absolute Gasteiger partial charge is 0.249 e. The molecular weight excluding hydrogens is 204 g/mol. The van der Waals surface area contributed by atoms with Gasteiger partial charge in [0.1, 0.15) is 0 Å². The van der Waals surface area contributed by atoms with E-state index in [1.165, 1.54) is 0 Å². The molecule has 15 heavy (non-hydrogen) atoms. The Labute approximate surface area is 91.7 Å². The molecule has 0 atom stereocenters. The summed E-state index contributed by atoms with van der Waals surface area (Å²) in [5.74, 6) is 1.74. The molecule has 1 aromatic rings. The van der Waals surface area contributed by atoms with Crippen molar-refractivity contribution < 1.29 is 9.16 Å². The zero-order valence-electron chi connectivity index (χ0n) is 9.41. The molecule has 0 aliphatic carbocycles. The highest BCUT2D eigenvalue weighted by Crippen LogP contribution is 2.36. The maximum absolute atomic E-state index is 6.12. The third kappa shape index (κ3) is 2.07. The van der Waals surface area contributed by atoms with Gasteiger partial charge < -0.3 is 9.16 Å². The number of methoxy groups -OCH3 is 1. The van der Waals surface area contributed by atoms with Crippen LogP contribution in [0, 0.1) is 0 Å². The standard InChI is InChI=1S/C12H16O2Si/c1-13-11-8-4-6-10-7-5-9-15(2,3)14-12(10)11/h4-8H,9H2,1-3H3. The highest BCUT2D eigenvalue weighted by molar-refractivity contribution is 6.72. The summed E-state index contributed by atoms with van der Waals surface area (Å²) in [7, 11) is 0.0762. The molecule has 0 N–H and O–H groups in total. The van der Waals surface area contributed by atoms with Gasteiger partial charge in [-0.1, -0.05) is 24.3 Å². The van der Waals surface area contributed by atoms with Gasteiger partial charge in [0.25, 0.3) is 0 Å². The maximum atomic E-state index is 6.12. The minimum absolute atomic E-state index is 0.833. The lowest BCUT2D eigenvalue weighted by Gasteiger charge is -2.23. The molecule has 0 fully saturated rings. The summed E-state index contributed by atoms with van der Waals surface area (Å²) in [6.07, 6.45) is 4.33. The molecule has 1 aromatic carbocycles. The molecule has 1 aliphatic rings. The van der Waals surface area contributed by atoms with Crippen LogP contribution in [0.2, 0.25) is 19.1 Å². The fourth-order valence-corrected chi connectivity index (χ4v) is 3.26. The number of ether oxygens (including phenoxy) is 1. The molecule has 0 radical (unpaired) electrons. The van der Waals surface area contributed by atoms with Gasteiger partial charge in [-0.25, -0.2) is 0 Å². The molecule has 0 saturated carbocycles. The molecule has 2 nitrogen and oxygen atoms in total. The minimum atomic E-state index is -1.61. The number of hydrogen-bond acceptors (Lipinski definition) is 2. The molecule has 0 aromatic heterocycles. The summed E-state index contributed by atoms with van der Waals surface area (Å²) in [6, 6.07) is 7.04. The zero-order chi connectivity index (χ0) is 10.9. The van der Waals surface area contributed by atoms with Crippen molar-refractivity contribution >= 4 is 14.4 Å². The van der Waals surface area contributed by atoms with Crippen LogP contribution >= 0.6 is 0 Å². The molecule has 0 bridgehead atoms. The summed E-state index contributed by atoms with van der Waals surface area (Å²) in [6.45, 7) is 4.44. The molecule has 80 valence electrons. The van der Waals surface area contributed by atoms with Crippen molar-refractivity contribution in [2.24, 2.45) is 0 Å². The first-order valence-electron chi connectivity index (χ1n) is 5.15. The first-order valence-corrected chi connectivity index (χ1v) is 8.26. The van der Waals surface area contributed by atoms with E-state index < -0.39 is 8.32 Å². The number of para-hydroxylation sites is 1. The molecule has 0 spiro atoms. The quantitative estimate of drug-likeness (QED) is 0.676. The number of allylic oxidation sites excluding steroid dienone is 1. The summed E-state index contributed by atoms with van der Waals surface area (Å²) in [5.41, 5.74) is 1.12. The van der Waals surface area contributed by atoms with Crippen molar-refractivity contribution in [1.82, 2.24) is 0 Å². The van der Waals surface area contributed by atoms with E-state index in [0.29, 0.717) is 0 Å². The summed E-state index contributed by atoms with van der Waals surface area (Å²) in [4.78, 5) is 0. The fourth-order valence-electron chi connectivity index (χ4n) is 1.72. The van der Waals surface area contributed by atoms with Crippen molar-refractivity contribution in [3.8, 4) is 11.5 Å². The van der Waals surface area contributed by atoms with Crippen molar-refractivity contribution in [3.63, 3.8) is 0 Å². The number of fused-ring (bicyclic) bond motifs is 1. The second kappa shape index (κ2) is 3.74. The van der Waals surface area contributed by atoms with Crippen LogP contribution in [0.3, 0.4) is 0 Å². The average molecular weight is 220 g/mol. The van der Waals surface area contributed by atoms with E-state index in [1.807, 2.05) is 12.1 Å². The largest absolute Gasteiger partial charge is 0.541 e. The van der Waals surface area contributed by atoms with E-state index >= 15 is 0 Å². The van der Waals surface area contributed by atoms with E-state index in [4.69, 9.17) is 9.16 Å². The second-order valence-electron chi connectivity index (χ2n) is 4.35.